The standard InChI is InChI=1S/C13H22FN3O2S/c1-9-6-10(7-11(15)12(9)14)20(18,19)16-8-13(2,3)17(4)5/h6-7,16H,8,15H2,1-5H3. The molecule has 0 bridgehead atoms. The summed E-state index contributed by atoms with van der Waals surface area (Å²) < 4.78 is 40.4. The van der Waals surface area contributed by atoms with Gasteiger partial charge in [0.15, 0.2) is 0 Å². The second kappa shape index (κ2) is 5.67. The predicted octanol–water partition coefficient (Wildman–Crippen LogP) is 1.33. The van der Waals surface area contributed by atoms with Crippen LogP contribution in [0.4, 0.5) is 10.1 Å². The van der Waals surface area contributed by atoms with E-state index < -0.39 is 15.8 Å². The normalized spacial score (nSPS) is 12.9. The first-order chi connectivity index (χ1) is 8.97. The molecule has 0 atom stereocenters. The van der Waals surface area contributed by atoms with Crippen molar-refractivity contribution in [2.45, 2.75) is 31.2 Å². The molecule has 114 valence electrons. The largest absolute Gasteiger partial charge is 0.396 e. The van der Waals surface area contributed by atoms with Crippen molar-refractivity contribution in [1.29, 1.82) is 0 Å². The first-order valence-corrected chi connectivity index (χ1v) is 7.68. The number of nitrogens with two attached hydrogens (primary N) is 1. The minimum absolute atomic E-state index is 0.0246. The van der Waals surface area contributed by atoms with Crippen LogP contribution in [0.25, 0.3) is 0 Å². The topological polar surface area (TPSA) is 75.4 Å². The summed E-state index contributed by atoms with van der Waals surface area (Å²) >= 11 is 0. The number of hydrogen-bond acceptors (Lipinski definition) is 4. The van der Waals surface area contributed by atoms with Gasteiger partial charge in [0.2, 0.25) is 10.0 Å². The van der Waals surface area contributed by atoms with Crippen molar-refractivity contribution in [2.75, 3.05) is 26.4 Å². The van der Waals surface area contributed by atoms with Crippen molar-refractivity contribution < 1.29 is 12.8 Å². The first-order valence-electron chi connectivity index (χ1n) is 6.20. The molecule has 0 unspecified atom stereocenters. The molecule has 1 aromatic rings. The van der Waals surface area contributed by atoms with Gasteiger partial charge in [-0.05, 0) is 52.6 Å². The lowest BCUT2D eigenvalue weighted by atomic mass is 10.1. The van der Waals surface area contributed by atoms with E-state index in [1.807, 2.05) is 32.8 Å². The molecule has 0 saturated carbocycles. The number of anilines is 1. The van der Waals surface area contributed by atoms with E-state index in [-0.39, 0.29) is 28.2 Å². The molecule has 5 nitrogen and oxygen atoms in total. The van der Waals surface area contributed by atoms with Gasteiger partial charge < -0.3 is 10.6 Å². The number of likely N-dealkylation sites (N-methyl/N-ethyl adjacent to an activating group) is 1. The molecule has 0 amide bonds. The Bertz CT molecular complexity index is 575. The van der Waals surface area contributed by atoms with E-state index in [9.17, 15) is 12.8 Å². The Labute approximate surface area is 120 Å². The second-order valence-electron chi connectivity index (χ2n) is 5.67. The van der Waals surface area contributed by atoms with Crippen LogP contribution in [0.15, 0.2) is 17.0 Å². The average molecular weight is 303 g/mol. The fourth-order valence-corrected chi connectivity index (χ4v) is 2.75. The van der Waals surface area contributed by atoms with Crippen molar-refractivity contribution in [3.63, 3.8) is 0 Å². The van der Waals surface area contributed by atoms with E-state index in [0.29, 0.717) is 0 Å². The zero-order chi connectivity index (χ0) is 15.7. The monoisotopic (exact) mass is 303 g/mol. The number of aryl methyl sites for hydroxylation is 1. The van der Waals surface area contributed by atoms with Gasteiger partial charge in [0.25, 0.3) is 0 Å². The fraction of sp³-hybridized carbons (Fsp3) is 0.538. The Morgan fingerprint density at radius 2 is 1.90 bits per heavy atom. The molecule has 0 aliphatic heterocycles. The van der Waals surface area contributed by atoms with Crippen molar-refractivity contribution in [3.05, 3.63) is 23.5 Å². The van der Waals surface area contributed by atoms with E-state index in [1.165, 1.54) is 13.0 Å². The molecule has 0 heterocycles. The summed E-state index contributed by atoms with van der Waals surface area (Å²) in [7, 11) is 0.0267. The third kappa shape index (κ3) is 3.68. The number of halogens is 1. The van der Waals surface area contributed by atoms with Crippen LogP contribution in [0.5, 0.6) is 0 Å². The van der Waals surface area contributed by atoms with Gasteiger partial charge in [0, 0.05) is 12.1 Å². The summed E-state index contributed by atoms with van der Waals surface area (Å²) in [5, 5.41) is 0. The molecule has 0 radical (unpaired) electrons. The summed E-state index contributed by atoms with van der Waals surface area (Å²) in [5.41, 5.74) is 5.17. The Morgan fingerprint density at radius 1 is 1.35 bits per heavy atom. The van der Waals surface area contributed by atoms with E-state index in [2.05, 4.69) is 4.72 Å². The Morgan fingerprint density at radius 3 is 2.35 bits per heavy atom. The Kier molecular flexibility index (Phi) is 4.78. The molecular weight excluding hydrogens is 281 g/mol. The molecule has 1 rings (SSSR count). The number of rotatable bonds is 5. The van der Waals surface area contributed by atoms with E-state index in [0.717, 1.165) is 6.07 Å². The minimum Gasteiger partial charge on any atom is -0.396 e. The van der Waals surface area contributed by atoms with E-state index >= 15 is 0 Å². The SMILES string of the molecule is Cc1cc(S(=O)(=O)NCC(C)(C)N(C)C)cc(N)c1F. The lowest BCUT2D eigenvalue weighted by Crippen LogP contribution is -2.48. The van der Waals surface area contributed by atoms with Crippen LogP contribution in [0.3, 0.4) is 0 Å². The maximum Gasteiger partial charge on any atom is 0.240 e. The fourth-order valence-electron chi connectivity index (χ4n) is 1.43. The molecule has 0 fully saturated rings. The highest BCUT2D eigenvalue weighted by Gasteiger charge is 2.24. The number of benzene rings is 1. The van der Waals surface area contributed by atoms with Crippen LogP contribution < -0.4 is 10.5 Å². The highest BCUT2D eigenvalue weighted by atomic mass is 32.2. The van der Waals surface area contributed by atoms with Gasteiger partial charge in [0.1, 0.15) is 5.82 Å². The van der Waals surface area contributed by atoms with Crippen molar-refractivity contribution in [3.8, 4) is 0 Å². The van der Waals surface area contributed by atoms with Crippen LogP contribution in [-0.2, 0) is 10.0 Å². The van der Waals surface area contributed by atoms with Gasteiger partial charge >= 0.3 is 0 Å². The highest BCUT2D eigenvalue weighted by molar-refractivity contribution is 7.89. The van der Waals surface area contributed by atoms with Gasteiger partial charge in [-0.2, -0.15) is 0 Å². The zero-order valence-corrected chi connectivity index (χ0v) is 13.3. The van der Waals surface area contributed by atoms with Gasteiger partial charge in [-0.25, -0.2) is 17.5 Å². The lowest BCUT2D eigenvalue weighted by molar-refractivity contribution is 0.199. The maximum atomic E-state index is 13.4. The second-order valence-corrected chi connectivity index (χ2v) is 7.44. The smallest absolute Gasteiger partial charge is 0.240 e. The molecule has 20 heavy (non-hydrogen) atoms. The minimum atomic E-state index is -3.71. The predicted molar refractivity (Wildman–Crippen MR) is 78.5 cm³/mol. The van der Waals surface area contributed by atoms with Crippen molar-refractivity contribution >= 4 is 15.7 Å². The number of nitrogen functional groups attached to an aromatic ring is 1. The van der Waals surface area contributed by atoms with Crippen LogP contribution in [0, 0.1) is 12.7 Å². The third-order valence-electron chi connectivity index (χ3n) is 3.47. The quantitative estimate of drug-likeness (QED) is 0.805. The van der Waals surface area contributed by atoms with Crippen LogP contribution in [-0.4, -0.2) is 39.5 Å². The number of nitrogens with one attached hydrogen (secondary N) is 1. The van der Waals surface area contributed by atoms with Crippen molar-refractivity contribution in [2.24, 2.45) is 0 Å². The first kappa shape index (κ1) is 16.9. The third-order valence-corrected chi connectivity index (χ3v) is 4.85. The van der Waals surface area contributed by atoms with Gasteiger partial charge in [0.05, 0.1) is 10.6 Å². The van der Waals surface area contributed by atoms with Gasteiger partial charge in [-0.15, -0.1) is 0 Å². The Balaban J connectivity index is 3.01. The highest BCUT2D eigenvalue weighted by Crippen LogP contribution is 2.21. The Hall–Kier alpha value is -1.18. The van der Waals surface area contributed by atoms with Gasteiger partial charge in [-0.1, -0.05) is 0 Å². The van der Waals surface area contributed by atoms with Crippen molar-refractivity contribution in [1.82, 2.24) is 9.62 Å². The lowest BCUT2D eigenvalue weighted by Gasteiger charge is -2.32. The summed E-state index contributed by atoms with van der Waals surface area (Å²) in [6.07, 6.45) is 0. The molecule has 0 saturated heterocycles. The molecule has 0 aliphatic carbocycles. The van der Waals surface area contributed by atoms with E-state index in [1.54, 1.807) is 0 Å². The molecule has 0 aromatic heterocycles. The van der Waals surface area contributed by atoms with Crippen LogP contribution in [0.2, 0.25) is 0 Å². The zero-order valence-electron chi connectivity index (χ0n) is 12.5. The molecule has 1 aromatic carbocycles. The summed E-state index contributed by atoms with van der Waals surface area (Å²) in [6, 6.07) is 2.41. The number of sulfonamides is 1. The molecule has 0 aliphatic rings. The molecular formula is C13H22FN3O2S. The molecule has 7 heteroatoms. The van der Waals surface area contributed by atoms with Crippen LogP contribution >= 0.6 is 0 Å². The summed E-state index contributed by atoms with van der Waals surface area (Å²) in [5.74, 6) is -0.586. The average Bonchev–Trinajstić information content (AvgIpc) is 2.33. The van der Waals surface area contributed by atoms with E-state index in [4.69, 9.17) is 5.73 Å². The number of hydrogen-bond donors (Lipinski definition) is 2. The molecule has 3 N–H and O–H groups in total. The summed E-state index contributed by atoms with van der Waals surface area (Å²) in [6.45, 7) is 5.55. The van der Waals surface area contributed by atoms with Gasteiger partial charge in [-0.3, -0.25) is 0 Å². The number of nitrogens with zero attached hydrogens (tertiary/aromatic N) is 1. The van der Waals surface area contributed by atoms with Crippen LogP contribution in [0.1, 0.15) is 19.4 Å². The maximum absolute atomic E-state index is 13.4. The molecule has 0 spiro atoms. The summed E-state index contributed by atoms with van der Waals surface area (Å²) in [4.78, 5) is 1.89.